The molecule has 0 aliphatic rings. The molecule has 0 radical (unpaired) electrons. The Bertz CT molecular complexity index is 596. The van der Waals surface area contributed by atoms with Crippen molar-refractivity contribution in [3.8, 4) is 0 Å². The highest BCUT2D eigenvalue weighted by molar-refractivity contribution is 5.45. The van der Waals surface area contributed by atoms with Crippen LogP contribution in [0.1, 0.15) is 16.7 Å². The Balaban J connectivity index is 2.37. The normalized spacial score (nSPS) is 10.3. The van der Waals surface area contributed by atoms with E-state index in [0.717, 1.165) is 11.1 Å². The summed E-state index contributed by atoms with van der Waals surface area (Å²) in [6, 6.07) is 11.2. The van der Waals surface area contributed by atoms with E-state index in [4.69, 9.17) is 0 Å². The molecule has 92 valence electrons. The van der Waals surface area contributed by atoms with Gasteiger partial charge in [-0.1, -0.05) is 24.3 Å². The van der Waals surface area contributed by atoms with Crippen LogP contribution in [0.2, 0.25) is 0 Å². The lowest BCUT2D eigenvalue weighted by molar-refractivity contribution is -0.385. The fourth-order valence-electron chi connectivity index (χ4n) is 1.86. The van der Waals surface area contributed by atoms with E-state index < -0.39 is 4.92 Å². The number of rotatable bonds is 3. The van der Waals surface area contributed by atoms with Crippen LogP contribution in [0.5, 0.6) is 0 Å². The number of aryl methyl sites for hydroxylation is 1. The number of halogens is 1. The fraction of sp³-hybridized carbons (Fsp3) is 0.143. The Labute approximate surface area is 104 Å². The molecule has 0 unspecified atom stereocenters. The van der Waals surface area contributed by atoms with Gasteiger partial charge in [-0.15, -0.1) is 0 Å². The first-order chi connectivity index (χ1) is 8.56. The van der Waals surface area contributed by atoms with Crippen molar-refractivity contribution in [1.29, 1.82) is 0 Å². The lowest BCUT2D eigenvalue weighted by Crippen LogP contribution is -1.97. The van der Waals surface area contributed by atoms with Gasteiger partial charge in [-0.25, -0.2) is 4.39 Å². The zero-order chi connectivity index (χ0) is 13.1. The Morgan fingerprint density at radius 2 is 2.00 bits per heavy atom. The van der Waals surface area contributed by atoms with Crippen molar-refractivity contribution < 1.29 is 9.31 Å². The number of hydrogen-bond donors (Lipinski definition) is 0. The monoisotopic (exact) mass is 245 g/mol. The summed E-state index contributed by atoms with van der Waals surface area (Å²) in [5.74, 6) is -0.331. The largest absolute Gasteiger partial charge is 0.273 e. The van der Waals surface area contributed by atoms with Gasteiger partial charge in [0.25, 0.3) is 5.69 Å². The van der Waals surface area contributed by atoms with Crippen LogP contribution in [-0.2, 0) is 6.42 Å². The van der Waals surface area contributed by atoms with Gasteiger partial charge < -0.3 is 0 Å². The molecule has 2 aromatic rings. The molecule has 2 aromatic carbocycles. The van der Waals surface area contributed by atoms with E-state index in [-0.39, 0.29) is 11.5 Å². The molecule has 0 heterocycles. The zero-order valence-electron chi connectivity index (χ0n) is 9.89. The third-order valence-electron chi connectivity index (χ3n) is 2.72. The first-order valence-corrected chi connectivity index (χ1v) is 5.54. The minimum Gasteiger partial charge on any atom is -0.258 e. The van der Waals surface area contributed by atoms with Crippen LogP contribution >= 0.6 is 0 Å². The van der Waals surface area contributed by atoms with Gasteiger partial charge in [0.1, 0.15) is 5.82 Å². The quantitative estimate of drug-likeness (QED) is 0.612. The molecule has 0 saturated carbocycles. The summed E-state index contributed by atoms with van der Waals surface area (Å²) in [6.45, 7) is 1.80. The van der Waals surface area contributed by atoms with Crippen molar-refractivity contribution in [3.63, 3.8) is 0 Å². The first kappa shape index (κ1) is 12.2. The van der Waals surface area contributed by atoms with Gasteiger partial charge in [-0.3, -0.25) is 10.1 Å². The van der Waals surface area contributed by atoms with Gasteiger partial charge in [-0.2, -0.15) is 0 Å². The molecule has 18 heavy (non-hydrogen) atoms. The van der Waals surface area contributed by atoms with Gasteiger partial charge in [0.05, 0.1) is 4.92 Å². The van der Waals surface area contributed by atoms with Gasteiger partial charge in [-0.05, 0) is 30.2 Å². The molecule has 0 fully saturated rings. The molecule has 0 amide bonds. The van der Waals surface area contributed by atoms with E-state index in [0.29, 0.717) is 12.0 Å². The molecule has 0 N–H and O–H groups in total. The van der Waals surface area contributed by atoms with Crippen molar-refractivity contribution in [2.45, 2.75) is 13.3 Å². The van der Waals surface area contributed by atoms with Crippen LogP contribution < -0.4 is 0 Å². The summed E-state index contributed by atoms with van der Waals surface area (Å²) in [5, 5.41) is 11.0. The molecule has 0 spiro atoms. The van der Waals surface area contributed by atoms with Gasteiger partial charge in [0, 0.05) is 18.1 Å². The van der Waals surface area contributed by atoms with E-state index in [1.807, 2.05) is 6.07 Å². The molecular formula is C14H12FNO2. The molecule has 0 aliphatic carbocycles. The standard InChI is InChI=1S/C14H12FNO2/c1-10-5-6-12(14(7-10)16(17)18)8-11-3-2-4-13(15)9-11/h2-7,9H,8H2,1H3. The van der Waals surface area contributed by atoms with Crippen molar-refractivity contribution in [1.82, 2.24) is 0 Å². The van der Waals surface area contributed by atoms with E-state index >= 15 is 0 Å². The Morgan fingerprint density at radius 1 is 1.22 bits per heavy atom. The van der Waals surface area contributed by atoms with Crippen LogP contribution in [0, 0.1) is 22.9 Å². The summed E-state index contributed by atoms with van der Waals surface area (Å²) >= 11 is 0. The molecule has 0 aliphatic heterocycles. The number of nitrogens with zero attached hydrogens (tertiary/aromatic N) is 1. The Kier molecular flexibility index (Phi) is 3.37. The van der Waals surface area contributed by atoms with Gasteiger partial charge >= 0.3 is 0 Å². The van der Waals surface area contributed by atoms with Crippen molar-refractivity contribution >= 4 is 5.69 Å². The SMILES string of the molecule is Cc1ccc(Cc2cccc(F)c2)c([N+](=O)[O-])c1. The number of hydrogen-bond acceptors (Lipinski definition) is 2. The predicted octanol–water partition coefficient (Wildman–Crippen LogP) is 3.63. The second-order valence-corrected chi connectivity index (χ2v) is 4.20. The van der Waals surface area contributed by atoms with Crippen LogP contribution in [-0.4, -0.2) is 4.92 Å². The first-order valence-electron chi connectivity index (χ1n) is 5.54. The highest BCUT2D eigenvalue weighted by atomic mass is 19.1. The van der Waals surface area contributed by atoms with Gasteiger partial charge in [0.15, 0.2) is 0 Å². The smallest absolute Gasteiger partial charge is 0.258 e. The number of nitro groups is 1. The third kappa shape index (κ3) is 2.71. The molecule has 0 bridgehead atoms. The van der Waals surface area contributed by atoms with Crippen molar-refractivity contribution in [3.05, 3.63) is 75.1 Å². The minimum atomic E-state index is -0.401. The molecule has 0 aromatic heterocycles. The zero-order valence-corrected chi connectivity index (χ0v) is 9.89. The van der Waals surface area contributed by atoms with E-state index in [9.17, 15) is 14.5 Å². The van der Waals surface area contributed by atoms with Crippen LogP contribution in [0.25, 0.3) is 0 Å². The van der Waals surface area contributed by atoms with Crippen molar-refractivity contribution in [2.24, 2.45) is 0 Å². The fourth-order valence-corrected chi connectivity index (χ4v) is 1.86. The summed E-state index contributed by atoms with van der Waals surface area (Å²) < 4.78 is 13.1. The average Bonchev–Trinajstić information content (AvgIpc) is 2.31. The Morgan fingerprint density at radius 3 is 2.67 bits per heavy atom. The topological polar surface area (TPSA) is 43.1 Å². The predicted molar refractivity (Wildman–Crippen MR) is 67.0 cm³/mol. The van der Waals surface area contributed by atoms with Crippen LogP contribution in [0.3, 0.4) is 0 Å². The molecular weight excluding hydrogens is 233 g/mol. The molecule has 2 rings (SSSR count). The van der Waals surface area contributed by atoms with E-state index in [2.05, 4.69) is 0 Å². The van der Waals surface area contributed by atoms with E-state index in [1.165, 1.54) is 18.2 Å². The van der Waals surface area contributed by atoms with E-state index in [1.54, 1.807) is 25.1 Å². The minimum absolute atomic E-state index is 0.0826. The summed E-state index contributed by atoms with van der Waals surface area (Å²) in [5.41, 5.74) is 2.24. The highest BCUT2D eigenvalue weighted by Gasteiger charge is 2.13. The second kappa shape index (κ2) is 4.96. The molecule has 3 nitrogen and oxygen atoms in total. The molecule has 0 saturated heterocycles. The maximum atomic E-state index is 13.1. The highest BCUT2D eigenvalue weighted by Crippen LogP contribution is 2.23. The maximum absolute atomic E-state index is 13.1. The van der Waals surface area contributed by atoms with Crippen LogP contribution in [0.15, 0.2) is 42.5 Å². The number of nitro benzene ring substituents is 1. The Hall–Kier alpha value is -2.23. The lowest BCUT2D eigenvalue weighted by atomic mass is 10.0. The lowest BCUT2D eigenvalue weighted by Gasteiger charge is -2.04. The summed E-state index contributed by atoms with van der Waals surface area (Å²) in [6.07, 6.45) is 0.356. The molecule has 0 atom stereocenters. The van der Waals surface area contributed by atoms with Crippen molar-refractivity contribution in [2.75, 3.05) is 0 Å². The third-order valence-corrected chi connectivity index (χ3v) is 2.72. The van der Waals surface area contributed by atoms with Crippen LogP contribution in [0.4, 0.5) is 10.1 Å². The van der Waals surface area contributed by atoms with Gasteiger partial charge in [0.2, 0.25) is 0 Å². The molecule has 4 heteroatoms. The summed E-state index contributed by atoms with van der Waals surface area (Å²) in [7, 11) is 0. The maximum Gasteiger partial charge on any atom is 0.273 e. The number of benzene rings is 2. The average molecular weight is 245 g/mol. The summed E-state index contributed by atoms with van der Waals surface area (Å²) in [4.78, 5) is 10.6. The second-order valence-electron chi connectivity index (χ2n) is 4.20.